The number of carbonyl (C=O) groups is 2. The Kier molecular flexibility index (Phi) is 4.56. The van der Waals surface area contributed by atoms with Crippen LogP contribution in [0.4, 0.5) is 10.5 Å². The number of hydrogen-bond donors (Lipinski definition) is 1. The minimum atomic E-state index is -1.36. The first-order chi connectivity index (χ1) is 8.06. The summed E-state index contributed by atoms with van der Waals surface area (Å²) in [6.07, 6.45) is 3.45. The molecule has 17 heavy (non-hydrogen) atoms. The lowest BCUT2D eigenvalue weighted by atomic mass is 10.2. The summed E-state index contributed by atoms with van der Waals surface area (Å²) in [6, 6.07) is 8.03. The van der Waals surface area contributed by atoms with Crippen LogP contribution in [0.3, 0.4) is 0 Å². The Labute approximate surface area is 104 Å². The predicted octanol–water partition coefficient (Wildman–Crippen LogP) is 2.33. The number of amides is 2. The first-order valence-corrected chi connectivity index (χ1v) is 5.21. The third-order valence-electron chi connectivity index (χ3n) is 1.99. The van der Waals surface area contributed by atoms with Crippen LogP contribution >= 0.6 is 11.6 Å². The third kappa shape index (κ3) is 3.51. The van der Waals surface area contributed by atoms with Gasteiger partial charge in [0, 0.05) is 0 Å². The van der Waals surface area contributed by atoms with Gasteiger partial charge in [-0.2, -0.15) is 0 Å². The Balaban J connectivity index is 2.92. The first-order valence-electron chi connectivity index (χ1n) is 4.77. The van der Waals surface area contributed by atoms with E-state index in [9.17, 15) is 9.59 Å². The third-order valence-corrected chi connectivity index (χ3v) is 2.27. The topological polar surface area (TPSA) is 57.6 Å². The van der Waals surface area contributed by atoms with Gasteiger partial charge in [0.2, 0.25) is 5.91 Å². The average molecular weight is 252 g/mol. The van der Waals surface area contributed by atoms with Crippen LogP contribution in [0.25, 0.3) is 0 Å². The number of carboxylic acid groups (broad SMARTS) is 1. The number of carbonyl (C=O) groups excluding carboxylic acids is 1. The number of para-hydroxylation sites is 1. The molecule has 0 aliphatic heterocycles. The molecule has 0 saturated heterocycles. The highest BCUT2D eigenvalue weighted by Gasteiger charge is 2.24. The molecule has 0 aromatic heterocycles. The highest BCUT2D eigenvalue weighted by atomic mass is 35.5. The standard InChI is InChI=1S/C12H10ClNO3/c1-2-9(13)8-11(15)14(12(16)17)10-6-4-3-5-7-10/h1,3-7,9H,8H2,(H,16,17). The molecular weight excluding hydrogens is 242 g/mol. The highest BCUT2D eigenvalue weighted by Crippen LogP contribution is 2.16. The van der Waals surface area contributed by atoms with Crippen LogP contribution in [0.1, 0.15) is 6.42 Å². The van der Waals surface area contributed by atoms with E-state index in [1.165, 1.54) is 12.1 Å². The Bertz CT molecular complexity index is 453. The molecule has 0 saturated carbocycles. The maximum absolute atomic E-state index is 11.7. The van der Waals surface area contributed by atoms with E-state index in [1.807, 2.05) is 0 Å². The van der Waals surface area contributed by atoms with Crippen LogP contribution in [0, 0.1) is 12.3 Å². The van der Waals surface area contributed by atoms with Crippen LogP contribution in [-0.4, -0.2) is 22.5 Å². The maximum Gasteiger partial charge on any atom is 0.418 e. The number of anilines is 1. The molecule has 1 atom stereocenters. The summed E-state index contributed by atoms with van der Waals surface area (Å²) in [5, 5.41) is 8.18. The first kappa shape index (κ1) is 13.1. The maximum atomic E-state index is 11.7. The van der Waals surface area contributed by atoms with Gasteiger partial charge in [-0.1, -0.05) is 24.1 Å². The van der Waals surface area contributed by atoms with Gasteiger partial charge in [-0.15, -0.1) is 18.0 Å². The molecule has 0 aliphatic carbocycles. The Morgan fingerprint density at radius 3 is 2.47 bits per heavy atom. The van der Waals surface area contributed by atoms with Crippen LogP contribution in [0.2, 0.25) is 0 Å². The minimum Gasteiger partial charge on any atom is -0.464 e. The van der Waals surface area contributed by atoms with Crippen molar-refractivity contribution < 1.29 is 14.7 Å². The summed E-state index contributed by atoms with van der Waals surface area (Å²) in [5.41, 5.74) is 0.269. The van der Waals surface area contributed by atoms with E-state index in [1.54, 1.807) is 18.2 Å². The van der Waals surface area contributed by atoms with Crippen molar-refractivity contribution in [3.05, 3.63) is 30.3 Å². The summed E-state index contributed by atoms with van der Waals surface area (Å²) in [4.78, 5) is 23.4. The van der Waals surface area contributed by atoms with Gasteiger partial charge < -0.3 is 5.11 Å². The van der Waals surface area contributed by atoms with E-state index in [0.717, 1.165) is 0 Å². The van der Waals surface area contributed by atoms with Crippen molar-refractivity contribution in [1.82, 2.24) is 0 Å². The van der Waals surface area contributed by atoms with Crippen molar-refractivity contribution >= 4 is 29.3 Å². The largest absolute Gasteiger partial charge is 0.464 e. The summed E-state index contributed by atoms with van der Waals surface area (Å²) in [5.74, 6) is 1.51. The summed E-state index contributed by atoms with van der Waals surface area (Å²) in [6.45, 7) is 0. The molecule has 0 radical (unpaired) electrons. The molecule has 1 unspecified atom stereocenters. The van der Waals surface area contributed by atoms with E-state index in [2.05, 4.69) is 5.92 Å². The SMILES string of the molecule is C#CC(Cl)CC(=O)N(C(=O)O)c1ccccc1. The van der Waals surface area contributed by atoms with E-state index in [4.69, 9.17) is 23.1 Å². The molecule has 1 aromatic rings. The van der Waals surface area contributed by atoms with Crippen molar-refractivity contribution in [2.24, 2.45) is 0 Å². The van der Waals surface area contributed by atoms with Crippen LogP contribution in [-0.2, 0) is 4.79 Å². The molecule has 0 heterocycles. The molecule has 4 nitrogen and oxygen atoms in total. The Morgan fingerprint density at radius 2 is 2.00 bits per heavy atom. The number of imide groups is 1. The van der Waals surface area contributed by atoms with Gasteiger partial charge in [0.25, 0.3) is 0 Å². The number of hydrogen-bond acceptors (Lipinski definition) is 2. The number of rotatable bonds is 3. The molecular formula is C12H10ClNO3. The van der Waals surface area contributed by atoms with Crippen molar-refractivity contribution in [2.75, 3.05) is 4.90 Å². The second kappa shape index (κ2) is 5.92. The second-order valence-electron chi connectivity index (χ2n) is 3.19. The molecule has 1 rings (SSSR count). The molecule has 2 amide bonds. The van der Waals surface area contributed by atoms with E-state index in [-0.39, 0.29) is 12.1 Å². The fourth-order valence-corrected chi connectivity index (χ4v) is 1.37. The van der Waals surface area contributed by atoms with Crippen LogP contribution in [0.5, 0.6) is 0 Å². The van der Waals surface area contributed by atoms with Gasteiger partial charge in [-0.05, 0) is 12.1 Å². The summed E-state index contributed by atoms with van der Waals surface area (Å²) < 4.78 is 0. The zero-order chi connectivity index (χ0) is 12.8. The lowest BCUT2D eigenvalue weighted by molar-refractivity contribution is -0.117. The molecule has 88 valence electrons. The zero-order valence-electron chi connectivity index (χ0n) is 8.84. The van der Waals surface area contributed by atoms with E-state index >= 15 is 0 Å². The molecule has 0 fully saturated rings. The number of benzene rings is 1. The van der Waals surface area contributed by atoms with Gasteiger partial charge in [0.1, 0.15) is 5.38 Å². The monoisotopic (exact) mass is 251 g/mol. The number of halogens is 1. The fourth-order valence-electron chi connectivity index (χ4n) is 1.24. The predicted molar refractivity (Wildman–Crippen MR) is 65.0 cm³/mol. The van der Waals surface area contributed by atoms with Gasteiger partial charge in [0.05, 0.1) is 12.1 Å². The van der Waals surface area contributed by atoms with E-state index < -0.39 is 17.4 Å². The van der Waals surface area contributed by atoms with Crippen molar-refractivity contribution in [3.8, 4) is 12.3 Å². The molecule has 0 bridgehead atoms. The Morgan fingerprint density at radius 1 is 1.41 bits per heavy atom. The summed E-state index contributed by atoms with van der Waals surface area (Å²) >= 11 is 5.62. The number of nitrogens with zero attached hydrogens (tertiary/aromatic N) is 1. The molecule has 5 heteroatoms. The van der Waals surface area contributed by atoms with Crippen molar-refractivity contribution in [2.45, 2.75) is 11.8 Å². The minimum absolute atomic E-state index is 0.223. The zero-order valence-corrected chi connectivity index (χ0v) is 9.59. The second-order valence-corrected chi connectivity index (χ2v) is 3.71. The van der Waals surface area contributed by atoms with Gasteiger partial charge in [0.15, 0.2) is 0 Å². The smallest absolute Gasteiger partial charge is 0.418 e. The molecule has 1 N–H and O–H groups in total. The Hall–Kier alpha value is -1.99. The van der Waals surface area contributed by atoms with Gasteiger partial charge in [-0.25, -0.2) is 9.69 Å². The van der Waals surface area contributed by atoms with E-state index in [0.29, 0.717) is 4.90 Å². The van der Waals surface area contributed by atoms with Gasteiger partial charge in [-0.3, -0.25) is 4.79 Å². The molecule has 0 spiro atoms. The fraction of sp³-hybridized carbons (Fsp3) is 0.167. The number of alkyl halides is 1. The van der Waals surface area contributed by atoms with Crippen molar-refractivity contribution in [1.29, 1.82) is 0 Å². The van der Waals surface area contributed by atoms with Crippen LogP contribution in [0.15, 0.2) is 30.3 Å². The highest BCUT2D eigenvalue weighted by molar-refractivity contribution is 6.25. The van der Waals surface area contributed by atoms with Crippen LogP contribution < -0.4 is 4.90 Å². The van der Waals surface area contributed by atoms with Crippen molar-refractivity contribution in [3.63, 3.8) is 0 Å². The lowest BCUT2D eigenvalue weighted by Crippen LogP contribution is -2.36. The van der Waals surface area contributed by atoms with Gasteiger partial charge >= 0.3 is 6.09 Å². The average Bonchev–Trinajstić information content (AvgIpc) is 2.29. The quantitative estimate of drug-likeness (QED) is 0.663. The lowest BCUT2D eigenvalue weighted by Gasteiger charge is -2.17. The normalized spacial score (nSPS) is 11.3. The number of terminal acetylenes is 1. The molecule has 1 aromatic carbocycles. The molecule has 0 aliphatic rings. The summed E-state index contributed by atoms with van der Waals surface area (Å²) in [7, 11) is 0.